The third kappa shape index (κ3) is 2.89. The van der Waals surface area contributed by atoms with E-state index < -0.39 is 23.3 Å². The zero-order valence-electron chi connectivity index (χ0n) is 14.1. The van der Waals surface area contributed by atoms with Crippen molar-refractivity contribution >= 4 is 16.8 Å². The fourth-order valence-electron chi connectivity index (χ4n) is 3.22. The topological polar surface area (TPSA) is 67.0 Å². The molecule has 1 saturated carbocycles. The molecule has 1 aliphatic carbocycles. The van der Waals surface area contributed by atoms with Crippen molar-refractivity contribution in [3.8, 4) is 5.75 Å². The van der Waals surface area contributed by atoms with Crippen LogP contribution in [-0.4, -0.2) is 23.2 Å². The van der Waals surface area contributed by atoms with E-state index in [9.17, 15) is 13.6 Å². The number of benzene rings is 2. The largest absolute Gasteiger partial charge is 0.491 e. The smallest absolute Gasteiger partial charge is 0.251 e. The van der Waals surface area contributed by atoms with Gasteiger partial charge < -0.3 is 10.1 Å². The quantitative estimate of drug-likeness (QED) is 0.732. The molecule has 1 aliphatic rings. The van der Waals surface area contributed by atoms with Crippen molar-refractivity contribution in [1.29, 1.82) is 0 Å². The van der Waals surface area contributed by atoms with Crippen LogP contribution in [-0.2, 0) is 6.54 Å². The number of hydrogen-bond donors (Lipinski definition) is 2. The fraction of sp³-hybridized carbons (Fsp3) is 0.263. The number of aromatic nitrogens is 2. The number of methoxy groups -OCH3 is 1. The molecule has 3 aromatic rings. The van der Waals surface area contributed by atoms with Gasteiger partial charge in [0.05, 0.1) is 18.8 Å². The number of rotatable bonds is 5. The monoisotopic (exact) mass is 357 g/mol. The number of nitrogens with zero attached hydrogens (tertiary/aromatic N) is 1. The van der Waals surface area contributed by atoms with Crippen LogP contribution in [0.15, 0.2) is 30.5 Å². The average molecular weight is 357 g/mol. The number of hydrogen-bond acceptors (Lipinski definition) is 3. The molecule has 1 heterocycles. The maximum absolute atomic E-state index is 13.8. The molecule has 0 atom stereocenters. The van der Waals surface area contributed by atoms with Crippen molar-refractivity contribution in [3.05, 3.63) is 58.8 Å². The van der Waals surface area contributed by atoms with Crippen molar-refractivity contribution in [2.45, 2.75) is 25.3 Å². The number of carbonyl (C=O) groups is 1. The minimum atomic E-state index is -0.909. The Morgan fingerprint density at radius 1 is 1.31 bits per heavy atom. The molecule has 0 radical (unpaired) electrons. The number of carbonyl (C=O) groups excluding carboxylic acids is 1. The van der Waals surface area contributed by atoms with Gasteiger partial charge in [-0.25, -0.2) is 8.78 Å². The van der Waals surface area contributed by atoms with E-state index in [4.69, 9.17) is 0 Å². The molecule has 0 saturated heterocycles. The molecule has 1 fully saturated rings. The summed E-state index contributed by atoms with van der Waals surface area (Å²) < 4.78 is 32.3. The van der Waals surface area contributed by atoms with Gasteiger partial charge in [0.25, 0.3) is 5.91 Å². The molecule has 2 aromatic carbocycles. The van der Waals surface area contributed by atoms with Gasteiger partial charge in [0, 0.05) is 17.5 Å². The van der Waals surface area contributed by atoms with E-state index >= 15 is 0 Å². The third-order valence-electron chi connectivity index (χ3n) is 4.68. The molecule has 134 valence electrons. The Labute approximate surface area is 148 Å². The van der Waals surface area contributed by atoms with Gasteiger partial charge in [-0.15, -0.1) is 0 Å². The van der Waals surface area contributed by atoms with Crippen molar-refractivity contribution < 1.29 is 18.3 Å². The summed E-state index contributed by atoms with van der Waals surface area (Å²) in [6, 6.07) is 5.97. The number of H-pyrrole nitrogens is 1. The van der Waals surface area contributed by atoms with Gasteiger partial charge in [-0.3, -0.25) is 9.89 Å². The predicted octanol–water partition coefficient (Wildman–Crippen LogP) is 3.66. The molecule has 0 bridgehead atoms. The van der Waals surface area contributed by atoms with Crippen molar-refractivity contribution in [1.82, 2.24) is 15.5 Å². The second kappa shape index (κ2) is 6.40. The molecule has 26 heavy (non-hydrogen) atoms. The van der Waals surface area contributed by atoms with Gasteiger partial charge in [-0.05, 0) is 48.1 Å². The molecular weight excluding hydrogens is 340 g/mol. The first-order valence-electron chi connectivity index (χ1n) is 8.34. The Kier molecular flexibility index (Phi) is 4.06. The van der Waals surface area contributed by atoms with Crippen LogP contribution in [0.1, 0.15) is 40.2 Å². The van der Waals surface area contributed by atoms with E-state index in [0.29, 0.717) is 5.92 Å². The summed E-state index contributed by atoms with van der Waals surface area (Å²) in [6.07, 6.45) is 3.98. The van der Waals surface area contributed by atoms with Gasteiger partial charge in [-0.2, -0.15) is 5.10 Å². The van der Waals surface area contributed by atoms with Crippen LogP contribution in [0.5, 0.6) is 5.75 Å². The maximum Gasteiger partial charge on any atom is 0.251 e. The van der Waals surface area contributed by atoms with Crippen LogP contribution in [0.2, 0.25) is 0 Å². The number of nitrogens with one attached hydrogen (secondary N) is 2. The lowest BCUT2D eigenvalue weighted by molar-refractivity contribution is 0.0950. The van der Waals surface area contributed by atoms with E-state index in [0.717, 1.165) is 41.4 Å². The number of aromatic amines is 1. The summed E-state index contributed by atoms with van der Waals surface area (Å²) in [4.78, 5) is 12.4. The second-order valence-electron chi connectivity index (χ2n) is 6.39. The number of amides is 1. The highest BCUT2D eigenvalue weighted by Gasteiger charge is 2.27. The molecule has 2 N–H and O–H groups in total. The highest BCUT2D eigenvalue weighted by Crippen LogP contribution is 2.43. The maximum atomic E-state index is 13.8. The number of fused-ring (bicyclic) bond motifs is 1. The van der Waals surface area contributed by atoms with Crippen LogP contribution in [0.25, 0.3) is 10.9 Å². The Morgan fingerprint density at radius 3 is 2.69 bits per heavy atom. The summed E-state index contributed by atoms with van der Waals surface area (Å²) in [6.45, 7) is 0.261. The highest BCUT2D eigenvalue weighted by molar-refractivity contribution is 5.94. The molecular formula is C19H17F2N3O2. The summed E-state index contributed by atoms with van der Waals surface area (Å²) >= 11 is 0. The lowest BCUT2D eigenvalue weighted by atomic mass is 9.99. The van der Waals surface area contributed by atoms with E-state index in [1.165, 1.54) is 12.7 Å². The van der Waals surface area contributed by atoms with Crippen LogP contribution < -0.4 is 10.1 Å². The minimum absolute atomic E-state index is 0.0897. The van der Waals surface area contributed by atoms with E-state index in [-0.39, 0.29) is 12.1 Å². The molecule has 1 amide bonds. The molecule has 5 nitrogen and oxygen atoms in total. The van der Waals surface area contributed by atoms with Crippen molar-refractivity contribution in [3.63, 3.8) is 0 Å². The zero-order valence-corrected chi connectivity index (χ0v) is 14.1. The van der Waals surface area contributed by atoms with Gasteiger partial charge in [0.2, 0.25) is 0 Å². The summed E-state index contributed by atoms with van der Waals surface area (Å²) in [5, 5.41) is 10.7. The Morgan fingerprint density at radius 2 is 2.04 bits per heavy atom. The van der Waals surface area contributed by atoms with Gasteiger partial charge in [0.15, 0.2) is 17.4 Å². The van der Waals surface area contributed by atoms with E-state index in [1.54, 1.807) is 6.20 Å². The standard InChI is InChI=1S/C19H17F2N3O2/c1-26-18-15(20)6-11(7-16(18)21)19(25)22-8-13-12(10-2-3-10)4-5-17-14(13)9-23-24-17/h4-7,9-10H,2-3,8H2,1H3,(H,22,25)(H,23,24). The fourth-order valence-corrected chi connectivity index (χ4v) is 3.22. The number of halogens is 2. The summed E-state index contributed by atoms with van der Waals surface area (Å²) in [7, 11) is 1.17. The first kappa shape index (κ1) is 16.5. The highest BCUT2D eigenvalue weighted by atomic mass is 19.1. The first-order chi connectivity index (χ1) is 12.6. The lowest BCUT2D eigenvalue weighted by Crippen LogP contribution is -2.24. The van der Waals surface area contributed by atoms with Crippen LogP contribution >= 0.6 is 0 Å². The molecule has 0 spiro atoms. The molecule has 1 aromatic heterocycles. The Hall–Kier alpha value is -2.96. The Bertz CT molecular complexity index is 973. The van der Waals surface area contributed by atoms with E-state index in [2.05, 4.69) is 20.3 Å². The van der Waals surface area contributed by atoms with Gasteiger partial charge in [0.1, 0.15) is 0 Å². The molecule has 7 heteroatoms. The normalized spacial score (nSPS) is 13.8. The van der Waals surface area contributed by atoms with Gasteiger partial charge in [-0.1, -0.05) is 6.07 Å². The molecule has 4 rings (SSSR count). The summed E-state index contributed by atoms with van der Waals surface area (Å²) in [5.74, 6) is -2.37. The van der Waals surface area contributed by atoms with Gasteiger partial charge >= 0.3 is 0 Å². The van der Waals surface area contributed by atoms with Crippen LogP contribution in [0, 0.1) is 11.6 Å². The van der Waals surface area contributed by atoms with Crippen molar-refractivity contribution in [2.24, 2.45) is 0 Å². The second-order valence-corrected chi connectivity index (χ2v) is 6.39. The Balaban J connectivity index is 1.60. The molecule has 0 unspecified atom stereocenters. The zero-order chi connectivity index (χ0) is 18.3. The minimum Gasteiger partial charge on any atom is -0.491 e. The molecule has 0 aliphatic heterocycles. The van der Waals surface area contributed by atoms with Crippen LogP contribution in [0.4, 0.5) is 8.78 Å². The predicted molar refractivity (Wildman–Crippen MR) is 92.1 cm³/mol. The van der Waals surface area contributed by atoms with Crippen molar-refractivity contribution in [2.75, 3.05) is 7.11 Å². The van der Waals surface area contributed by atoms with Crippen LogP contribution in [0.3, 0.4) is 0 Å². The first-order valence-corrected chi connectivity index (χ1v) is 8.34. The SMILES string of the molecule is COc1c(F)cc(C(=O)NCc2c(C3CC3)ccc3[nH]ncc23)cc1F. The third-order valence-corrected chi connectivity index (χ3v) is 4.68. The number of ether oxygens (including phenoxy) is 1. The average Bonchev–Trinajstić information content (AvgIpc) is 3.35. The lowest BCUT2D eigenvalue weighted by Gasteiger charge is -2.12. The summed E-state index contributed by atoms with van der Waals surface area (Å²) in [5.41, 5.74) is 2.97. The van der Waals surface area contributed by atoms with E-state index in [1.807, 2.05) is 12.1 Å².